The lowest BCUT2D eigenvalue weighted by Crippen LogP contribution is -2.37. The summed E-state index contributed by atoms with van der Waals surface area (Å²) in [6, 6.07) is 5.22. The van der Waals surface area contributed by atoms with Crippen LogP contribution in [-0.2, 0) is 13.1 Å². The van der Waals surface area contributed by atoms with Gasteiger partial charge in [-0.25, -0.2) is 9.59 Å². The van der Waals surface area contributed by atoms with Crippen molar-refractivity contribution in [1.29, 1.82) is 0 Å². The fourth-order valence-electron chi connectivity index (χ4n) is 3.43. The van der Waals surface area contributed by atoms with Gasteiger partial charge in [0, 0.05) is 31.6 Å². The summed E-state index contributed by atoms with van der Waals surface area (Å²) in [4.78, 5) is 40.7. The number of H-pyrrole nitrogens is 1. The second-order valence-corrected chi connectivity index (χ2v) is 7.38. The highest BCUT2D eigenvalue weighted by molar-refractivity contribution is 5.82. The standard InChI is InChI=1S/C21H26N4O4/c1-5-6-7-25-19(22)18(20(27)23-21(25)28)24(4)11-14-10-17(26)29-16-9-13(3)12(2)8-15(14)16/h8-10H,5-7,11,22H2,1-4H3,(H,23,27,28). The first-order chi connectivity index (χ1) is 13.7. The van der Waals surface area contributed by atoms with Crippen LogP contribution in [0, 0.1) is 13.8 Å². The molecule has 8 heteroatoms. The summed E-state index contributed by atoms with van der Waals surface area (Å²) in [6.07, 6.45) is 1.66. The number of nitrogens with one attached hydrogen (secondary N) is 1. The molecule has 0 aliphatic rings. The number of benzene rings is 1. The zero-order valence-electron chi connectivity index (χ0n) is 17.2. The van der Waals surface area contributed by atoms with Crippen LogP contribution in [-0.4, -0.2) is 16.6 Å². The highest BCUT2D eigenvalue weighted by Crippen LogP contribution is 2.24. The van der Waals surface area contributed by atoms with Crippen molar-refractivity contribution in [1.82, 2.24) is 9.55 Å². The average Bonchev–Trinajstić information content (AvgIpc) is 2.63. The molecule has 0 amide bonds. The largest absolute Gasteiger partial charge is 0.423 e. The fraction of sp³-hybridized carbons (Fsp3) is 0.381. The van der Waals surface area contributed by atoms with Crippen molar-refractivity contribution >= 4 is 22.5 Å². The van der Waals surface area contributed by atoms with Crippen molar-refractivity contribution in [3.63, 3.8) is 0 Å². The van der Waals surface area contributed by atoms with Gasteiger partial charge in [-0.15, -0.1) is 0 Å². The zero-order valence-corrected chi connectivity index (χ0v) is 17.2. The van der Waals surface area contributed by atoms with Crippen LogP contribution in [0.1, 0.15) is 36.5 Å². The van der Waals surface area contributed by atoms with E-state index < -0.39 is 16.9 Å². The van der Waals surface area contributed by atoms with Crippen molar-refractivity contribution in [2.24, 2.45) is 0 Å². The van der Waals surface area contributed by atoms with E-state index in [1.165, 1.54) is 10.6 Å². The van der Waals surface area contributed by atoms with Gasteiger partial charge < -0.3 is 15.1 Å². The predicted octanol–water partition coefficient (Wildman–Crippen LogP) is 2.28. The molecule has 0 fully saturated rings. The number of hydrogen-bond acceptors (Lipinski definition) is 6. The van der Waals surface area contributed by atoms with E-state index in [-0.39, 0.29) is 18.1 Å². The van der Waals surface area contributed by atoms with E-state index in [1.807, 2.05) is 32.9 Å². The molecule has 0 bridgehead atoms. The summed E-state index contributed by atoms with van der Waals surface area (Å²) in [5, 5.41) is 0.800. The number of nitrogens with two attached hydrogens (primary N) is 1. The third-order valence-corrected chi connectivity index (χ3v) is 5.18. The Morgan fingerprint density at radius 3 is 2.52 bits per heavy atom. The molecule has 0 aliphatic heterocycles. The van der Waals surface area contributed by atoms with Crippen molar-refractivity contribution in [3.05, 3.63) is 66.1 Å². The summed E-state index contributed by atoms with van der Waals surface area (Å²) in [5.41, 5.74) is 8.16. The molecule has 3 rings (SSSR count). The molecule has 2 heterocycles. The van der Waals surface area contributed by atoms with E-state index >= 15 is 0 Å². The van der Waals surface area contributed by atoms with Crippen LogP contribution in [0.25, 0.3) is 11.0 Å². The number of aryl methyl sites for hydroxylation is 2. The van der Waals surface area contributed by atoms with E-state index in [0.717, 1.165) is 29.4 Å². The number of unbranched alkanes of at least 4 members (excludes halogenated alkanes) is 1. The molecule has 154 valence electrons. The molecule has 0 spiro atoms. The van der Waals surface area contributed by atoms with Gasteiger partial charge in [-0.05, 0) is 49.1 Å². The van der Waals surface area contributed by atoms with Gasteiger partial charge in [0.25, 0.3) is 5.56 Å². The Morgan fingerprint density at radius 2 is 1.83 bits per heavy atom. The minimum atomic E-state index is -0.554. The number of nitrogen functional groups attached to an aromatic ring is 1. The quantitative estimate of drug-likeness (QED) is 0.616. The van der Waals surface area contributed by atoms with Crippen molar-refractivity contribution in [2.45, 2.75) is 46.7 Å². The molecule has 0 unspecified atom stereocenters. The molecule has 0 radical (unpaired) electrons. The average molecular weight is 398 g/mol. The second-order valence-electron chi connectivity index (χ2n) is 7.38. The maximum Gasteiger partial charge on any atom is 0.336 e. The number of aromatic nitrogens is 2. The molecule has 0 saturated heterocycles. The van der Waals surface area contributed by atoms with Gasteiger partial charge in [0.15, 0.2) is 0 Å². The molecule has 0 aliphatic carbocycles. The SMILES string of the molecule is CCCCn1c(N)c(N(C)Cc2cc(=O)oc3cc(C)c(C)cc23)c(=O)[nH]c1=O. The van der Waals surface area contributed by atoms with Crippen molar-refractivity contribution in [2.75, 3.05) is 17.7 Å². The summed E-state index contributed by atoms with van der Waals surface area (Å²) in [7, 11) is 1.71. The molecule has 3 N–H and O–H groups in total. The van der Waals surface area contributed by atoms with Gasteiger partial charge in [-0.3, -0.25) is 14.3 Å². The Kier molecular flexibility index (Phi) is 5.63. The first-order valence-electron chi connectivity index (χ1n) is 9.60. The zero-order chi connectivity index (χ0) is 21.3. The molecule has 1 aromatic carbocycles. The Hall–Kier alpha value is -3.29. The van der Waals surface area contributed by atoms with Gasteiger partial charge in [-0.1, -0.05) is 13.3 Å². The number of hydrogen-bond donors (Lipinski definition) is 2. The normalized spacial score (nSPS) is 11.2. The summed E-state index contributed by atoms with van der Waals surface area (Å²) in [6.45, 7) is 6.63. The summed E-state index contributed by atoms with van der Waals surface area (Å²) < 4.78 is 6.72. The van der Waals surface area contributed by atoms with Gasteiger partial charge in [-0.2, -0.15) is 0 Å². The Morgan fingerprint density at radius 1 is 1.14 bits per heavy atom. The number of nitrogens with zero attached hydrogens (tertiary/aromatic N) is 2. The number of fused-ring (bicyclic) bond motifs is 1. The lowest BCUT2D eigenvalue weighted by molar-refractivity contribution is 0.558. The minimum absolute atomic E-state index is 0.119. The molecular weight excluding hydrogens is 372 g/mol. The highest BCUT2D eigenvalue weighted by atomic mass is 16.4. The van der Waals surface area contributed by atoms with Gasteiger partial charge >= 0.3 is 11.3 Å². The summed E-state index contributed by atoms with van der Waals surface area (Å²) in [5.74, 6) is 0.119. The maximum atomic E-state index is 12.5. The molecule has 0 saturated carbocycles. The van der Waals surface area contributed by atoms with E-state index in [1.54, 1.807) is 11.9 Å². The van der Waals surface area contributed by atoms with Gasteiger partial charge in [0.2, 0.25) is 0 Å². The number of rotatable bonds is 6. The van der Waals surface area contributed by atoms with Crippen molar-refractivity contribution < 1.29 is 4.42 Å². The third kappa shape index (κ3) is 3.96. The van der Waals surface area contributed by atoms with Crippen molar-refractivity contribution in [3.8, 4) is 0 Å². The van der Waals surface area contributed by atoms with Crippen LogP contribution >= 0.6 is 0 Å². The van der Waals surface area contributed by atoms with Crippen LogP contribution in [0.15, 0.2) is 37.0 Å². The molecule has 8 nitrogen and oxygen atoms in total. The molecule has 2 aromatic heterocycles. The summed E-state index contributed by atoms with van der Waals surface area (Å²) >= 11 is 0. The lowest BCUT2D eigenvalue weighted by atomic mass is 10.0. The van der Waals surface area contributed by atoms with Gasteiger partial charge in [0.05, 0.1) is 0 Å². The molecular formula is C21H26N4O4. The maximum absolute atomic E-state index is 12.5. The first-order valence-corrected chi connectivity index (χ1v) is 9.60. The Bertz CT molecular complexity index is 1240. The van der Waals surface area contributed by atoms with Gasteiger partial charge in [0.1, 0.15) is 17.1 Å². The van der Waals surface area contributed by atoms with Crippen LogP contribution in [0.4, 0.5) is 11.5 Å². The topological polar surface area (TPSA) is 114 Å². The van der Waals surface area contributed by atoms with E-state index in [4.69, 9.17) is 10.2 Å². The molecule has 0 atom stereocenters. The molecule has 3 aromatic rings. The fourth-order valence-corrected chi connectivity index (χ4v) is 3.43. The smallest absolute Gasteiger partial charge is 0.336 e. The van der Waals surface area contributed by atoms with Crippen LogP contribution in [0.3, 0.4) is 0 Å². The Balaban J connectivity index is 2.09. The highest BCUT2D eigenvalue weighted by Gasteiger charge is 2.18. The lowest BCUT2D eigenvalue weighted by Gasteiger charge is -2.22. The monoisotopic (exact) mass is 398 g/mol. The Labute approximate surface area is 167 Å². The third-order valence-electron chi connectivity index (χ3n) is 5.18. The molecule has 29 heavy (non-hydrogen) atoms. The predicted molar refractivity (Wildman–Crippen MR) is 115 cm³/mol. The van der Waals surface area contributed by atoms with Crippen LogP contribution in [0.2, 0.25) is 0 Å². The second kappa shape index (κ2) is 7.98. The number of aromatic amines is 1. The number of anilines is 2. The van der Waals surface area contributed by atoms with E-state index in [0.29, 0.717) is 17.7 Å². The van der Waals surface area contributed by atoms with Crippen LogP contribution in [0.5, 0.6) is 0 Å². The first kappa shape index (κ1) is 20.4. The van der Waals surface area contributed by atoms with E-state index in [9.17, 15) is 14.4 Å². The van der Waals surface area contributed by atoms with E-state index in [2.05, 4.69) is 4.98 Å². The minimum Gasteiger partial charge on any atom is -0.423 e. The van der Waals surface area contributed by atoms with Crippen LogP contribution < -0.4 is 27.5 Å².